The first-order valence-corrected chi connectivity index (χ1v) is 5.47. The summed E-state index contributed by atoms with van der Waals surface area (Å²) in [6.45, 7) is 0. The summed E-state index contributed by atoms with van der Waals surface area (Å²) in [5.41, 5.74) is -0.844. The molecule has 0 spiro atoms. The van der Waals surface area contributed by atoms with Crippen LogP contribution >= 0.6 is 0 Å². The van der Waals surface area contributed by atoms with E-state index in [1.54, 1.807) is 7.85 Å². The third-order valence-corrected chi connectivity index (χ3v) is 2.75. The van der Waals surface area contributed by atoms with Gasteiger partial charge < -0.3 is 0 Å². The molecule has 0 N–H and O–H groups in total. The molecule has 0 radical (unpaired) electrons. The maximum Gasteiger partial charge on any atom is 0.200 e. The highest BCUT2D eigenvalue weighted by Gasteiger charge is 2.30. The Hall–Kier alpha value is -2.18. The van der Waals surface area contributed by atoms with Gasteiger partial charge in [0.25, 0.3) is 0 Å². The summed E-state index contributed by atoms with van der Waals surface area (Å²) in [5, 5.41) is 0. The van der Waals surface area contributed by atoms with Gasteiger partial charge in [0.1, 0.15) is 13.4 Å². The van der Waals surface area contributed by atoms with E-state index < -0.39 is 40.4 Å². The van der Waals surface area contributed by atoms with E-state index in [4.69, 9.17) is 0 Å². The summed E-state index contributed by atoms with van der Waals surface area (Å²) in [6.07, 6.45) is 0. The van der Waals surface area contributed by atoms with Crippen LogP contribution < -0.4 is 5.46 Å². The normalized spacial score (nSPS) is 10.7. The van der Waals surface area contributed by atoms with E-state index in [0.29, 0.717) is 0 Å². The monoisotopic (exact) mass is 284 g/mol. The second kappa shape index (κ2) is 5.07. The molecule has 0 aromatic heterocycles. The molecule has 0 heterocycles. The van der Waals surface area contributed by atoms with E-state index in [1.165, 1.54) is 24.3 Å². The number of carbonyl (C=O) groups is 1. The van der Waals surface area contributed by atoms with Gasteiger partial charge in [-0.3, -0.25) is 4.79 Å². The molecule has 0 aliphatic carbocycles. The van der Waals surface area contributed by atoms with Gasteiger partial charge in [-0.05, 0) is 0 Å². The molecule has 0 bridgehead atoms. The molecule has 0 saturated heterocycles. The summed E-state index contributed by atoms with van der Waals surface area (Å²) in [4.78, 5) is 11.9. The number of hydrogen-bond donors (Lipinski definition) is 0. The SMILES string of the molecule is Bc1ccc(C(=O)c2c(F)c(F)c(F)c(F)c2F)cc1. The Labute approximate surface area is 111 Å². The first-order valence-electron chi connectivity index (χ1n) is 5.47. The van der Waals surface area contributed by atoms with Crippen molar-refractivity contribution in [2.24, 2.45) is 0 Å². The van der Waals surface area contributed by atoms with Crippen LogP contribution in [0.5, 0.6) is 0 Å². The Morgan fingerprint density at radius 3 is 1.60 bits per heavy atom. The van der Waals surface area contributed by atoms with Gasteiger partial charge in [-0.2, -0.15) is 0 Å². The Morgan fingerprint density at radius 1 is 0.750 bits per heavy atom. The molecule has 0 atom stereocenters. The highest BCUT2D eigenvalue weighted by atomic mass is 19.2. The third-order valence-electron chi connectivity index (χ3n) is 2.75. The minimum Gasteiger partial charge on any atom is -0.288 e. The second-order valence-electron chi connectivity index (χ2n) is 4.14. The van der Waals surface area contributed by atoms with Crippen LogP contribution in [-0.4, -0.2) is 13.6 Å². The summed E-state index contributed by atoms with van der Waals surface area (Å²) >= 11 is 0. The Morgan fingerprint density at radius 2 is 1.15 bits per heavy atom. The van der Waals surface area contributed by atoms with Crippen molar-refractivity contribution in [3.8, 4) is 0 Å². The summed E-state index contributed by atoms with van der Waals surface area (Å²) in [5.74, 6) is -12.1. The van der Waals surface area contributed by atoms with E-state index in [9.17, 15) is 26.7 Å². The van der Waals surface area contributed by atoms with Crippen molar-refractivity contribution in [3.05, 3.63) is 64.5 Å². The standard InChI is InChI=1S/C13H6BF5O/c14-6-3-1-5(2-4-6)13(20)7-8(15)10(17)12(19)11(18)9(7)16/h1-4H,14H2. The average molecular weight is 284 g/mol. The van der Waals surface area contributed by atoms with Gasteiger partial charge in [-0.25, -0.2) is 22.0 Å². The highest BCUT2D eigenvalue weighted by molar-refractivity contribution is 6.32. The van der Waals surface area contributed by atoms with Crippen LogP contribution in [-0.2, 0) is 0 Å². The van der Waals surface area contributed by atoms with E-state index in [-0.39, 0.29) is 5.56 Å². The maximum atomic E-state index is 13.5. The van der Waals surface area contributed by atoms with Crippen molar-refractivity contribution in [2.75, 3.05) is 0 Å². The lowest BCUT2D eigenvalue weighted by atomic mass is 9.93. The van der Waals surface area contributed by atoms with Crippen molar-refractivity contribution in [3.63, 3.8) is 0 Å². The zero-order chi connectivity index (χ0) is 15.0. The minimum absolute atomic E-state index is 0.168. The lowest BCUT2D eigenvalue weighted by molar-refractivity contribution is 0.102. The van der Waals surface area contributed by atoms with Gasteiger partial charge in [0.15, 0.2) is 29.1 Å². The number of halogens is 5. The molecule has 20 heavy (non-hydrogen) atoms. The first-order chi connectivity index (χ1) is 9.34. The van der Waals surface area contributed by atoms with Crippen molar-refractivity contribution < 1.29 is 26.7 Å². The number of benzene rings is 2. The van der Waals surface area contributed by atoms with Gasteiger partial charge in [0, 0.05) is 5.56 Å². The van der Waals surface area contributed by atoms with E-state index in [0.717, 1.165) is 5.46 Å². The molecule has 2 aromatic rings. The van der Waals surface area contributed by atoms with Crippen LogP contribution in [0.4, 0.5) is 22.0 Å². The van der Waals surface area contributed by atoms with Crippen LogP contribution in [0, 0.1) is 29.1 Å². The fourth-order valence-electron chi connectivity index (χ4n) is 1.65. The summed E-state index contributed by atoms with van der Waals surface area (Å²) < 4.78 is 65.9. The third kappa shape index (κ3) is 2.19. The molecule has 2 rings (SSSR count). The molecule has 0 aliphatic rings. The average Bonchev–Trinajstić information content (AvgIpc) is 2.44. The largest absolute Gasteiger partial charge is 0.288 e. The van der Waals surface area contributed by atoms with Crippen LogP contribution in [0.15, 0.2) is 24.3 Å². The number of hydrogen-bond acceptors (Lipinski definition) is 1. The molecule has 0 fully saturated rings. The van der Waals surface area contributed by atoms with Crippen molar-refractivity contribution >= 4 is 19.1 Å². The zero-order valence-corrected chi connectivity index (χ0v) is 10.1. The van der Waals surface area contributed by atoms with E-state index in [2.05, 4.69) is 0 Å². The molecular formula is C13H6BF5O. The van der Waals surface area contributed by atoms with Gasteiger partial charge in [-0.1, -0.05) is 29.7 Å². The molecule has 1 nitrogen and oxygen atoms in total. The van der Waals surface area contributed by atoms with Gasteiger partial charge >= 0.3 is 0 Å². The summed E-state index contributed by atoms with van der Waals surface area (Å²) in [7, 11) is 1.71. The van der Waals surface area contributed by atoms with Crippen molar-refractivity contribution in [2.45, 2.75) is 0 Å². The van der Waals surface area contributed by atoms with Crippen LogP contribution in [0.1, 0.15) is 15.9 Å². The summed E-state index contributed by atoms with van der Waals surface area (Å²) in [6, 6.07) is 5.46. The molecule has 0 unspecified atom stereocenters. The second-order valence-corrected chi connectivity index (χ2v) is 4.14. The number of rotatable bonds is 2. The van der Waals surface area contributed by atoms with Crippen LogP contribution in [0.2, 0.25) is 0 Å². The number of carbonyl (C=O) groups excluding carboxylic acids is 1. The molecule has 0 saturated carbocycles. The fraction of sp³-hybridized carbons (Fsp3) is 0. The van der Waals surface area contributed by atoms with Crippen molar-refractivity contribution in [1.29, 1.82) is 0 Å². The van der Waals surface area contributed by atoms with Gasteiger partial charge in [0.2, 0.25) is 5.82 Å². The van der Waals surface area contributed by atoms with Gasteiger partial charge in [0.05, 0.1) is 0 Å². The molecular weight excluding hydrogens is 278 g/mol. The minimum atomic E-state index is -2.29. The predicted octanol–water partition coefficient (Wildman–Crippen LogP) is 1.87. The zero-order valence-electron chi connectivity index (χ0n) is 10.1. The molecule has 102 valence electrons. The van der Waals surface area contributed by atoms with Gasteiger partial charge in [-0.15, -0.1) is 0 Å². The van der Waals surface area contributed by atoms with Crippen LogP contribution in [0.25, 0.3) is 0 Å². The number of ketones is 1. The lowest BCUT2D eigenvalue weighted by Crippen LogP contribution is -2.14. The Balaban J connectivity index is 2.64. The molecule has 0 aliphatic heterocycles. The maximum absolute atomic E-state index is 13.5. The van der Waals surface area contributed by atoms with E-state index in [1.807, 2.05) is 0 Å². The van der Waals surface area contributed by atoms with Crippen LogP contribution in [0.3, 0.4) is 0 Å². The lowest BCUT2D eigenvalue weighted by Gasteiger charge is -2.07. The highest BCUT2D eigenvalue weighted by Crippen LogP contribution is 2.25. The Bertz CT molecular complexity index is 668. The topological polar surface area (TPSA) is 17.1 Å². The fourth-order valence-corrected chi connectivity index (χ4v) is 1.65. The molecule has 0 amide bonds. The smallest absolute Gasteiger partial charge is 0.200 e. The molecule has 7 heteroatoms. The quantitative estimate of drug-likeness (QED) is 0.270. The first kappa shape index (κ1) is 14.2. The predicted molar refractivity (Wildman–Crippen MR) is 64.3 cm³/mol. The van der Waals surface area contributed by atoms with Crippen molar-refractivity contribution in [1.82, 2.24) is 0 Å². The van der Waals surface area contributed by atoms with E-state index >= 15 is 0 Å². The Kier molecular flexibility index (Phi) is 3.61. The molecule has 2 aromatic carbocycles.